The van der Waals surface area contributed by atoms with E-state index in [0.29, 0.717) is 6.54 Å². The van der Waals surface area contributed by atoms with Crippen molar-refractivity contribution < 1.29 is 10.2 Å². The average molecular weight is 128 g/mol. The van der Waals surface area contributed by atoms with Crippen LogP contribution in [0, 0.1) is 0 Å². The van der Waals surface area contributed by atoms with Gasteiger partial charge in [-0.05, 0) is 0 Å². The number of hydrogen-bond donors (Lipinski definition) is 2. The molecule has 0 aromatic carbocycles. The van der Waals surface area contributed by atoms with Crippen LogP contribution in [0.4, 0.5) is 0 Å². The molecule has 0 fully saturated rings. The highest BCUT2D eigenvalue weighted by Gasteiger charge is 1.95. The third kappa shape index (κ3) is 1.20. The van der Waals surface area contributed by atoms with Crippen molar-refractivity contribution in [1.29, 1.82) is 0 Å². The molecule has 2 N–H and O–H groups in total. The Kier molecular flexibility index (Phi) is 1.69. The van der Waals surface area contributed by atoms with Crippen molar-refractivity contribution in [3.05, 3.63) is 12.4 Å². The zero-order valence-electron chi connectivity index (χ0n) is 4.86. The van der Waals surface area contributed by atoms with E-state index in [1.54, 1.807) is 6.20 Å². The minimum absolute atomic E-state index is 0.0178. The summed E-state index contributed by atoms with van der Waals surface area (Å²) >= 11 is 0. The molecule has 0 saturated carbocycles. The van der Waals surface area contributed by atoms with Gasteiger partial charge in [-0.3, -0.25) is 4.57 Å². The van der Waals surface area contributed by atoms with E-state index in [2.05, 4.69) is 4.98 Å². The van der Waals surface area contributed by atoms with Crippen LogP contribution in [0.25, 0.3) is 0 Å². The van der Waals surface area contributed by atoms with Crippen LogP contribution in [0.5, 0.6) is 6.01 Å². The zero-order valence-corrected chi connectivity index (χ0v) is 4.86. The third-order valence-electron chi connectivity index (χ3n) is 1.03. The van der Waals surface area contributed by atoms with Gasteiger partial charge in [0.25, 0.3) is 6.01 Å². The molecule has 1 aromatic heterocycles. The van der Waals surface area contributed by atoms with E-state index in [0.717, 1.165) is 0 Å². The van der Waals surface area contributed by atoms with E-state index >= 15 is 0 Å². The second-order valence-electron chi connectivity index (χ2n) is 1.64. The first-order valence-electron chi connectivity index (χ1n) is 2.65. The molecule has 0 atom stereocenters. The minimum atomic E-state index is -0.0518. The third-order valence-corrected chi connectivity index (χ3v) is 1.03. The number of aromatic hydroxyl groups is 1. The molecule has 0 amide bonds. The number of aromatic nitrogens is 2. The maximum atomic E-state index is 8.82. The van der Waals surface area contributed by atoms with E-state index in [9.17, 15) is 0 Å². The van der Waals surface area contributed by atoms with Crippen LogP contribution in [0.1, 0.15) is 0 Å². The number of hydrogen-bond acceptors (Lipinski definition) is 3. The van der Waals surface area contributed by atoms with Gasteiger partial charge in [0.15, 0.2) is 0 Å². The molecule has 4 heteroatoms. The van der Waals surface area contributed by atoms with Gasteiger partial charge in [-0.1, -0.05) is 0 Å². The molecule has 0 aliphatic heterocycles. The summed E-state index contributed by atoms with van der Waals surface area (Å²) in [6, 6.07) is -0.0518. The summed E-state index contributed by atoms with van der Waals surface area (Å²) in [7, 11) is 0. The fraction of sp³-hybridized carbons (Fsp3) is 0.400. The Balaban J connectivity index is 2.69. The average Bonchev–Trinajstić information content (AvgIpc) is 2.18. The summed E-state index contributed by atoms with van der Waals surface area (Å²) in [5.41, 5.74) is 0. The minimum Gasteiger partial charge on any atom is -0.480 e. The van der Waals surface area contributed by atoms with Gasteiger partial charge in [0.05, 0.1) is 13.2 Å². The molecule has 0 saturated heterocycles. The van der Waals surface area contributed by atoms with Crippen LogP contribution < -0.4 is 0 Å². The summed E-state index contributed by atoms with van der Waals surface area (Å²) in [5.74, 6) is 0. The molecule has 50 valence electrons. The Labute approximate surface area is 52.4 Å². The molecule has 0 spiro atoms. The summed E-state index contributed by atoms with van der Waals surface area (Å²) in [6.07, 6.45) is 3.08. The molecular weight excluding hydrogens is 120 g/mol. The van der Waals surface area contributed by atoms with Crippen LogP contribution in [-0.2, 0) is 6.54 Å². The normalized spacial score (nSPS) is 9.89. The highest BCUT2D eigenvalue weighted by atomic mass is 16.3. The lowest BCUT2D eigenvalue weighted by molar-refractivity contribution is 0.265. The summed E-state index contributed by atoms with van der Waals surface area (Å²) < 4.78 is 1.46. The molecular formula is C5H8N2O2. The lowest BCUT2D eigenvalue weighted by Gasteiger charge is -1.96. The number of imidazole rings is 1. The van der Waals surface area contributed by atoms with Gasteiger partial charge >= 0.3 is 0 Å². The summed E-state index contributed by atoms with van der Waals surface area (Å²) in [6.45, 7) is 0.412. The van der Waals surface area contributed by atoms with Gasteiger partial charge in [0, 0.05) is 12.4 Å². The second-order valence-corrected chi connectivity index (χ2v) is 1.64. The predicted molar refractivity (Wildman–Crippen MR) is 31.0 cm³/mol. The van der Waals surface area contributed by atoms with Gasteiger partial charge < -0.3 is 10.2 Å². The highest BCUT2D eigenvalue weighted by Crippen LogP contribution is 2.01. The van der Waals surface area contributed by atoms with Crippen molar-refractivity contribution in [2.75, 3.05) is 6.61 Å². The lowest BCUT2D eigenvalue weighted by atomic mass is 10.7. The fourth-order valence-electron chi connectivity index (χ4n) is 0.604. The van der Waals surface area contributed by atoms with Crippen molar-refractivity contribution in [1.82, 2.24) is 9.55 Å². The zero-order chi connectivity index (χ0) is 6.69. The lowest BCUT2D eigenvalue weighted by Crippen LogP contribution is -1.99. The van der Waals surface area contributed by atoms with Crippen molar-refractivity contribution in [2.45, 2.75) is 6.54 Å². The van der Waals surface area contributed by atoms with Gasteiger partial charge in [-0.15, -0.1) is 0 Å². The molecule has 0 radical (unpaired) electrons. The van der Waals surface area contributed by atoms with Gasteiger partial charge in [0.2, 0.25) is 0 Å². The van der Waals surface area contributed by atoms with Crippen molar-refractivity contribution >= 4 is 0 Å². The van der Waals surface area contributed by atoms with E-state index in [1.807, 2.05) is 0 Å². The van der Waals surface area contributed by atoms with Gasteiger partial charge in [-0.2, -0.15) is 0 Å². The van der Waals surface area contributed by atoms with Gasteiger partial charge in [-0.25, -0.2) is 4.98 Å². The van der Waals surface area contributed by atoms with Crippen molar-refractivity contribution in [3.8, 4) is 6.01 Å². The van der Waals surface area contributed by atoms with Crippen molar-refractivity contribution in [2.24, 2.45) is 0 Å². The largest absolute Gasteiger partial charge is 0.480 e. The number of aliphatic hydroxyl groups excluding tert-OH is 1. The number of nitrogens with zero attached hydrogens (tertiary/aromatic N) is 2. The van der Waals surface area contributed by atoms with E-state index in [-0.39, 0.29) is 12.6 Å². The summed E-state index contributed by atoms with van der Waals surface area (Å²) in [4.78, 5) is 3.54. The molecule has 4 nitrogen and oxygen atoms in total. The SMILES string of the molecule is OCCn1ccnc1O. The summed E-state index contributed by atoms with van der Waals surface area (Å²) in [5, 5.41) is 17.2. The maximum absolute atomic E-state index is 8.82. The standard InChI is InChI=1S/C5H8N2O2/c8-4-3-7-2-1-6-5(7)9/h1-2,8H,3-4H2,(H,6,9). The predicted octanol–water partition coefficient (Wildman–Crippen LogP) is -0.419. The Morgan fingerprint density at radius 3 is 2.89 bits per heavy atom. The first-order valence-corrected chi connectivity index (χ1v) is 2.65. The van der Waals surface area contributed by atoms with E-state index < -0.39 is 0 Å². The molecule has 0 unspecified atom stereocenters. The smallest absolute Gasteiger partial charge is 0.293 e. The second kappa shape index (κ2) is 2.50. The van der Waals surface area contributed by atoms with E-state index in [4.69, 9.17) is 10.2 Å². The first kappa shape index (κ1) is 6.10. The Hall–Kier alpha value is -1.03. The van der Waals surface area contributed by atoms with Crippen LogP contribution >= 0.6 is 0 Å². The molecule has 1 rings (SSSR count). The van der Waals surface area contributed by atoms with Crippen molar-refractivity contribution in [3.63, 3.8) is 0 Å². The molecule has 9 heavy (non-hydrogen) atoms. The Morgan fingerprint density at radius 2 is 2.44 bits per heavy atom. The fourth-order valence-corrected chi connectivity index (χ4v) is 0.604. The first-order chi connectivity index (χ1) is 4.34. The van der Waals surface area contributed by atoms with Crippen LogP contribution in [-0.4, -0.2) is 26.4 Å². The monoisotopic (exact) mass is 128 g/mol. The molecule has 0 bridgehead atoms. The number of aliphatic hydroxyl groups is 1. The van der Waals surface area contributed by atoms with E-state index in [1.165, 1.54) is 10.8 Å². The number of rotatable bonds is 2. The topological polar surface area (TPSA) is 58.3 Å². The van der Waals surface area contributed by atoms with Gasteiger partial charge in [0.1, 0.15) is 0 Å². The molecule has 1 aromatic rings. The molecule has 0 aliphatic rings. The molecule has 1 heterocycles. The highest BCUT2D eigenvalue weighted by molar-refractivity contribution is 4.94. The van der Waals surface area contributed by atoms with Crippen LogP contribution in [0.2, 0.25) is 0 Å². The van der Waals surface area contributed by atoms with Crippen LogP contribution in [0.3, 0.4) is 0 Å². The quantitative estimate of drug-likeness (QED) is 0.568. The molecule has 0 aliphatic carbocycles. The maximum Gasteiger partial charge on any atom is 0.293 e. The Morgan fingerprint density at radius 1 is 1.67 bits per heavy atom. The van der Waals surface area contributed by atoms with Crippen LogP contribution in [0.15, 0.2) is 12.4 Å². The Bertz CT molecular complexity index is 185.